The van der Waals surface area contributed by atoms with Crippen LogP contribution in [0.25, 0.3) is 17.4 Å². The van der Waals surface area contributed by atoms with Crippen molar-refractivity contribution in [3.05, 3.63) is 87.7 Å². The number of nitrogens with zero attached hydrogens (tertiary/aromatic N) is 2. The van der Waals surface area contributed by atoms with E-state index in [0.717, 1.165) is 11.1 Å². The molecule has 0 saturated heterocycles. The summed E-state index contributed by atoms with van der Waals surface area (Å²) in [5.74, 6) is 0.164. The van der Waals surface area contributed by atoms with Gasteiger partial charge in [0, 0.05) is 17.7 Å². The minimum Gasteiger partial charge on any atom is -0.457 e. The average Bonchev–Trinajstić information content (AvgIpc) is 3.15. The third-order valence-electron chi connectivity index (χ3n) is 3.96. The second-order valence-electron chi connectivity index (χ2n) is 5.97. The van der Waals surface area contributed by atoms with Crippen molar-refractivity contribution in [2.24, 2.45) is 0 Å². The van der Waals surface area contributed by atoms with Gasteiger partial charge in [0.05, 0.1) is 4.92 Å². The second-order valence-corrected chi connectivity index (χ2v) is 5.97. The Kier molecular flexibility index (Phi) is 5.33. The van der Waals surface area contributed by atoms with Crippen molar-refractivity contribution in [1.82, 2.24) is 0 Å². The van der Waals surface area contributed by atoms with Gasteiger partial charge in [0.2, 0.25) is 0 Å². The molecule has 138 valence electrons. The van der Waals surface area contributed by atoms with Gasteiger partial charge in [-0.2, -0.15) is 5.26 Å². The summed E-state index contributed by atoms with van der Waals surface area (Å²) in [6, 6.07) is 18.6. The molecule has 2 aromatic carbocycles. The summed E-state index contributed by atoms with van der Waals surface area (Å²) in [5.41, 5.74) is 1.51. The van der Waals surface area contributed by atoms with E-state index in [9.17, 15) is 20.2 Å². The van der Waals surface area contributed by atoms with Crippen molar-refractivity contribution >= 4 is 23.4 Å². The number of nitro benzene ring substituents is 1. The Morgan fingerprint density at radius 2 is 1.86 bits per heavy atom. The topological polar surface area (TPSA) is 109 Å². The van der Waals surface area contributed by atoms with E-state index in [1.165, 1.54) is 24.3 Å². The highest BCUT2D eigenvalue weighted by molar-refractivity contribution is 6.10. The zero-order valence-corrected chi connectivity index (χ0v) is 14.9. The van der Waals surface area contributed by atoms with Crippen LogP contribution in [0.15, 0.2) is 70.7 Å². The number of carbonyl (C=O) groups excluding carboxylic acids is 1. The van der Waals surface area contributed by atoms with Gasteiger partial charge in [-0.25, -0.2) is 0 Å². The number of anilines is 1. The monoisotopic (exact) mass is 373 g/mol. The van der Waals surface area contributed by atoms with Crippen LogP contribution in [0.5, 0.6) is 0 Å². The number of furan rings is 1. The maximum absolute atomic E-state index is 12.4. The van der Waals surface area contributed by atoms with E-state index in [1.807, 2.05) is 31.2 Å². The van der Waals surface area contributed by atoms with Gasteiger partial charge in [-0.05, 0) is 25.1 Å². The standard InChI is InChI=1S/C21H15N3O4/c1-14-6-8-15(9-7-14)20-11-10-17(28-20)12-16(13-22)21(25)23-18-4-2-3-5-19(18)24(26)27/h2-12H,1H3,(H,23,25)/b16-12+. The summed E-state index contributed by atoms with van der Waals surface area (Å²) >= 11 is 0. The van der Waals surface area contributed by atoms with Crippen LogP contribution < -0.4 is 5.32 Å². The highest BCUT2D eigenvalue weighted by atomic mass is 16.6. The molecule has 0 aliphatic rings. The number of nitriles is 1. The number of para-hydroxylation sites is 2. The lowest BCUT2D eigenvalue weighted by Crippen LogP contribution is -2.14. The van der Waals surface area contributed by atoms with Gasteiger partial charge in [0.1, 0.15) is 28.9 Å². The van der Waals surface area contributed by atoms with Gasteiger partial charge >= 0.3 is 0 Å². The first-order chi connectivity index (χ1) is 13.5. The predicted octanol–water partition coefficient (Wildman–Crippen LogP) is 4.71. The van der Waals surface area contributed by atoms with Crippen molar-refractivity contribution in [1.29, 1.82) is 5.26 Å². The fourth-order valence-corrected chi connectivity index (χ4v) is 2.52. The molecular weight excluding hydrogens is 358 g/mol. The lowest BCUT2D eigenvalue weighted by atomic mass is 10.1. The Bertz CT molecular complexity index is 1110. The molecule has 7 nitrogen and oxygen atoms in total. The fourth-order valence-electron chi connectivity index (χ4n) is 2.52. The maximum atomic E-state index is 12.4. The van der Waals surface area contributed by atoms with E-state index >= 15 is 0 Å². The molecule has 0 aliphatic carbocycles. The van der Waals surface area contributed by atoms with Gasteiger partial charge in [0.25, 0.3) is 11.6 Å². The molecule has 1 amide bonds. The molecule has 0 spiro atoms. The molecule has 1 heterocycles. The number of carbonyl (C=O) groups is 1. The fraction of sp³-hybridized carbons (Fsp3) is 0.0476. The zero-order valence-electron chi connectivity index (χ0n) is 14.9. The van der Waals surface area contributed by atoms with E-state index in [0.29, 0.717) is 11.5 Å². The van der Waals surface area contributed by atoms with Crippen LogP contribution >= 0.6 is 0 Å². The molecule has 1 N–H and O–H groups in total. The molecule has 7 heteroatoms. The number of nitrogens with one attached hydrogen (secondary N) is 1. The number of nitro groups is 1. The van der Waals surface area contributed by atoms with Gasteiger partial charge in [-0.1, -0.05) is 42.0 Å². The molecule has 1 aromatic heterocycles. The maximum Gasteiger partial charge on any atom is 0.292 e. The van der Waals surface area contributed by atoms with Crippen LogP contribution in [0.4, 0.5) is 11.4 Å². The van der Waals surface area contributed by atoms with Crippen LogP contribution in [0, 0.1) is 28.4 Å². The lowest BCUT2D eigenvalue weighted by molar-refractivity contribution is -0.383. The zero-order chi connectivity index (χ0) is 20.1. The molecular formula is C21H15N3O4. The van der Waals surface area contributed by atoms with Crippen molar-refractivity contribution < 1.29 is 14.1 Å². The third-order valence-corrected chi connectivity index (χ3v) is 3.96. The average molecular weight is 373 g/mol. The van der Waals surface area contributed by atoms with Crippen LogP contribution in [0.2, 0.25) is 0 Å². The number of benzene rings is 2. The third kappa shape index (κ3) is 4.14. The van der Waals surface area contributed by atoms with Crippen LogP contribution in [-0.2, 0) is 4.79 Å². The smallest absolute Gasteiger partial charge is 0.292 e. The molecule has 0 bridgehead atoms. The molecule has 0 atom stereocenters. The molecule has 0 radical (unpaired) electrons. The Hall–Kier alpha value is -4.18. The quantitative estimate of drug-likeness (QED) is 0.301. The number of hydrogen-bond acceptors (Lipinski definition) is 5. The molecule has 0 saturated carbocycles. The van der Waals surface area contributed by atoms with Gasteiger partial charge in [0.15, 0.2) is 0 Å². The van der Waals surface area contributed by atoms with Gasteiger partial charge in [-0.15, -0.1) is 0 Å². The Morgan fingerprint density at radius 1 is 1.14 bits per heavy atom. The molecule has 28 heavy (non-hydrogen) atoms. The first-order valence-electron chi connectivity index (χ1n) is 8.31. The number of hydrogen-bond donors (Lipinski definition) is 1. The molecule has 3 rings (SSSR count). The molecule has 3 aromatic rings. The van der Waals surface area contributed by atoms with E-state index in [4.69, 9.17) is 4.42 Å². The largest absolute Gasteiger partial charge is 0.457 e. The minimum absolute atomic E-state index is 0.0124. The van der Waals surface area contributed by atoms with Crippen molar-refractivity contribution in [3.8, 4) is 17.4 Å². The second kappa shape index (κ2) is 8.01. The number of amides is 1. The van der Waals surface area contributed by atoms with Crippen molar-refractivity contribution in [2.75, 3.05) is 5.32 Å². The Labute approximate surface area is 160 Å². The first kappa shape index (κ1) is 18.6. The van der Waals surface area contributed by atoms with Crippen molar-refractivity contribution in [2.45, 2.75) is 6.92 Å². The van der Waals surface area contributed by atoms with Crippen LogP contribution in [0.1, 0.15) is 11.3 Å². The summed E-state index contributed by atoms with van der Waals surface area (Å²) in [6.45, 7) is 1.98. The van der Waals surface area contributed by atoms with E-state index < -0.39 is 10.8 Å². The summed E-state index contributed by atoms with van der Waals surface area (Å²) in [4.78, 5) is 22.8. The summed E-state index contributed by atoms with van der Waals surface area (Å²) in [7, 11) is 0. The molecule has 0 fully saturated rings. The summed E-state index contributed by atoms with van der Waals surface area (Å²) < 4.78 is 5.69. The van der Waals surface area contributed by atoms with Crippen molar-refractivity contribution in [3.63, 3.8) is 0 Å². The summed E-state index contributed by atoms with van der Waals surface area (Å²) in [6.07, 6.45) is 1.29. The van der Waals surface area contributed by atoms with E-state index in [-0.39, 0.29) is 16.9 Å². The lowest BCUT2D eigenvalue weighted by Gasteiger charge is -2.04. The highest BCUT2D eigenvalue weighted by Gasteiger charge is 2.17. The van der Waals surface area contributed by atoms with E-state index in [1.54, 1.807) is 24.3 Å². The molecule has 0 aliphatic heterocycles. The Balaban J connectivity index is 1.83. The Morgan fingerprint density at radius 3 is 2.54 bits per heavy atom. The highest BCUT2D eigenvalue weighted by Crippen LogP contribution is 2.25. The van der Waals surface area contributed by atoms with E-state index in [2.05, 4.69) is 5.32 Å². The number of rotatable bonds is 5. The predicted molar refractivity (Wildman–Crippen MR) is 104 cm³/mol. The normalized spacial score (nSPS) is 10.9. The number of aryl methyl sites for hydroxylation is 1. The first-order valence-corrected chi connectivity index (χ1v) is 8.31. The minimum atomic E-state index is -0.759. The summed E-state index contributed by atoms with van der Waals surface area (Å²) in [5, 5.41) is 22.8. The SMILES string of the molecule is Cc1ccc(-c2ccc(/C=C(\C#N)C(=O)Nc3ccccc3[N+](=O)[O-])o2)cc1. The van der Waals surface area contributed by atoms with Gasteiger partial charge in [-0.3, -0.25) is 14.9 Å². The van der Waals surface area contributed by atoms with Crippen LogP contribution in [0.3, 0.4) is 0 Å². The van der Waals surface area contributed by atoms with Crippen LogP contribution in [-0.4, -0.2) is 10.8 Å². The molecule has 0 unspecified atom stereocenters. The van der Waals surface area contributed by atoms with Gasteiger partial charge < -0.3 is 9.73 Å².